The second kappa shape index (κ2) is 7.03. The van der Waals surface area contributed by atoms with Crippen molar-refractivity contribution in [2.75, 3.05) is 24.3 Å². The summed E-state index contributed by atoms with van der Waals surface area (Å²) < 4.78 is 11.6. The number of rotatable bonds is 6. The van der Waals surface area contributed by atoms with Gasteiger partial charge in [0.05, 0.1) is 12.2 Å². The van der Waals surface area contributed by atoms with E-state index in [1.165, 1.54) is 0 Å². The van der Waals surface area contributed by atoms with Gasteiger partial charge in [-0.25, -0.2) is 0 Å². The molecule has 21 heavy (non-hydrogen) atoms. The lowest BCUT2D eigenvalue weighted by Gasteiger charge is -2.40. The third-order valence-corrected chi connectivity index (χ3v) is 4.39. The summed E-state index contributed by atoms with van der Waals surface area (Å²) >= 11 is 0. The molecule has 1 unspecified atom stereocenters. The predicted octanol–water partition coefficient (Wildman–Crippen LogP) is 3.82. The van der Waals surface area contributed by atoms with Gasteiger partial charge in [-0.05, 0) is 38.7 Å². The van der Waals surface area contributed by atoms with Crippen LogP contribution in [0.5, 0.6) is 5.75 Å². The van der Waals surface area contributed by atoms with Crippen LogP contribution in [0, 0.1) is 0 Å². The van der Waals surface area contributed by atoms with Crippen molar-refractivity contribution in [3.05, 3.63) is 18.2 Å². The monoisotopic (exact) mass is 292 g/mol. The summed E-state index contributed by atoms with van der Waals surface area (Å²) in [6.45, 7) is 7.86. The number of benzene rings is 1. The van der Waals surface area contributed by atoms with Crippen molar-refractivity contribution in [1.82, 2.24) is 0 Å². The first-order valence-corrected chi connectivity index (χ1v) is 8.04. The van der Waals surface area contributed by atoms with Gasteiger partial charge in [-0.2, -0.15) is 0 Å². The molecule has 0 bridgehead atoms. The fraction of sp³-hybridized carbons (Fsp3) is 0.647. The lowest BCUT2D eigenvalue weighted by atomic mass is 9.86. The Balaban J connectivity index is 2.07. The first-order chi connectivity index (χ1) is 10.1. The second-order valence-corrected chi connectivity index (χ2v) is 5.80. The molecule has 0 aromatic heterocycles. The average molecular weight is 292 g/mol. The summed E-state index contributed by atoms with van der Waals surface area (Å²) in [5, 5.41) is 3.60. The smallest absolute Gasteiger partial charge is 0.123 e. The number of nitrogens with one attached hydrogen (secondary N) is 1. The topological polar surface area (TPSA) is 56.5 Å². The zero-order valence-corrected chi connectivity index (χ0v) is 13.4. The van der Waals surface area contributed by atoms with Gasteiger partial charge in [0, 0.05) is 36.2 Å². The van der Waals surface area contributed by atoms with Crippen LogP contribution >= 0.6 is 0 Å². The highest BCUT2D eigenvalue weighted by Gasteiger charge is 2.34. The molecule has 1 saturated heterocycles. The number of nitrogens with two attached hydrogens (primary N) is 1. The van der Waals surface area contributed by atoms with Crippen LogP contribution in [0.3, 0.4) is 0 Å². The van der Waals surface area contributed by atoms with Gasteiger partial charge < -0.3 is 20.5 Å². The van der Waals surface area contributed by atoms with Gasteiger partial charge in [0.25, 0.3) is 0 Å². The molecule has 1 heterocycles. The fourth-order valence-electron chi connectivity index (χ4n) is 3.08. The summed E-state index contributed by atoms with van der Waals surface area (Å²) in [6.07, 6.45) is 4.19. The molecule has 1 fully saturated rings. The Bertz CT molecular complexity index is 458. The number of hydrogen-bond donors (Lipinski definition) is 2. The van der Waals surface area contributed by atoms with E-state index < -0.39 is 0 Å². The van der Waals surface area contributed by atoms with Crippen LogP contribution in [-0.4, -0.2) is 24.9 Å². The number of nitrogen functional groups attached to an aromatic ring is 1. The van der Waals surface area contributed by atoms with Crippen molar-refractivity contribution >= 4 is 11.4 Å². The molecule has 118 valence electrons. The van der Waals surface area contributed by atoms with E-state index in [0.29, 0.717) is 12.6 Å². The van der Waals surface area contributed by atoms with Gasteiger partial charge in [-0.15, -0.1) is 0 Å². The van der Waals surface area contributed by atoms with Gasteiger partial charge >= 0.3 is 0 Å². The Labute approximate surface area is 128 Å². The van der Waals surface area contributed by atoms with Crippen LogP contribution in [0.1, 0.15) is 46.5 Å². The Morgan fingerprint density at radius 3 is 2.71 bits per heavy atom. The van der Waals surface area contributed by atoms with Crippen molar-refractivity contribution in [3.63, 3.8) is 0 Å². The molecule has 0 spiro atoms. The lowest BCUT2D eigenvalue weighted by molar-refractivity contribution is -0.0864. The zero-order chi connectivity index (χ0) is 15.3. The third-order valence-electron chi connectivity index (χ3n) is 4.39. The number of hydrogen-bond acceptors (Lipinski definition) is 4. The van der Waals surface area contributed by atoms with Gasteiger partial charge in [0.1, 0.15) is 5.75 Å². The van der Waals surface area contributed by atoms with E-state index in [1.54, 1.807) is 0 Å². The van der Waals surface area contributed by atoms with E-state index in [-0.39, 0.29) is 5.60 Å². The highest BCUT2D eigenvalue weighted by atomic mass is 16.5. The maximum atomic E-state index is 6.03. The summed E-state index contributed by atoms with van der Waals surface area (Å²) in [4.78, 5) is 0. The van der Waals surface area contributed by atoms with E-state index >= 15 is 0 Å². The normalized spacial score (nSPS) is 21.0. The molecule has 1 aromatic rings. The quantitative estimate of drug-likeness (QED) is 0.783. The second-order valence-electron chi connectivity index (χ2n) is 5.80. The summed E-state index contributed by atoms with van der Waals surface area (Å²) in [7, 11) is 0. The number of ether oxygens (including phenoxy) is 2. The molecule has 0 aliphatic carbocycles. The minimum atomic E-state index is 0.0268. The number of anilines is 2. The van der Waals surface area contributed by atoms with Crippen LogP contribution in [0.4, 0.5) is 11.4 Å². The summed E-state index contributed by atoms with van der Waals surface area (Å²) in [6, 6.07) is 6.28. The Morgan fingerprint density at radius 2 is 2.05 bits per heavy atom. The molecule has 0 radical (unpaired) electrons. The molecule has 3 N–H and O–H groups in total. The standard InChI is InChI=1S/C17H28N2O2/c1-4-17(5-2)12-14(7-8-21-17)19-15-9-13(18)10-16(11-15)20-6-3/h9-11,14,19H,4-8,12,18H2,1-3H3. The van der Waals surface area contributed by atoms with Gasteiger partial charge in [-0.1, -0.05) is 13.8 Å². The van der Waals surface area contributed by atoms with E-state index in [4.69, 9.17) is 15.2 Å². The zero-order valence-electron chi connectivity index (χ0n) is 13.4. The van der Waals surface area contributed by atoms with Crippen LogP contribution in [0.25, 0.3) is 0 Å². The molecule has 1 atom stereocenters. The van der Waals surface area contributed by atoms with Crippen molar-refractivity contribution in [2.24, 2.45) is 0 Å². The molecule has 4 nitrogen and oxygen atoms in total. The van der Waals surface area contributed by atoms with Crippen molar-refractivity contribution in [3.8, 4) is 5.75 Å². The average Bonchev–Trinajstić information content (AvgIpc) is 2.47. The van der Waals surface area contributed by atoms with E-state index in [9.17, 15) is 0 Å². The fourth-order valence-corrected chi connectivity index (χ4v) is 3.08. The minimum absolute atomic E-state index is 0.0268. The molecule has 1 aliphatic rings. The third kappa shape index (κ3) is 4.03. The minimum Gasteiger partial charge on any atom is -0.494 e. The molecule has 0 amide bonds. The van der Waals surface area contributed by atoms with Gasteiger partial charge in [0.15, 0.2) is 0 Å². The molecule has 1 aliphatic heterocycles. The first-order valence-electron chi connectivity index (χ1n) is 8.04. The highest BCUT2D eigenvalue weighted by Crippen LogP contribution is 2.33. The van der Waals surface area contributed by atoms with Crippen LogP contribution in [0.15, 0.2) is 18.2 Å². The van der Waals surface area contributed by atoms with Crippen molar-refractivity contribution in [1.29, 1.82) is 0 Å². The van der Waals surface area contributed by atoms with Gasteiger partial charge in [0.2, 0.25) is 0 Å². The molecule has 1 aromatic carbocycles. The van der Waals surface area contributed by atoms with Crippen LogP contribution < -0.4 is 15.8 Å². The molecule has 0 saturated carbocycles. The summed E-state index contributed by atoms with van der Waals surface area (Å²) in [5.41, 5.74) is 7.75. The molecular weight excluding hydrogens is 264 g/mol. The molecule has 4 heteroatoms. The maximum Gasteiger partial charge on any atom is 0.123 e. The summed E-state index contributed by atoms with van der Waals surface area (Å²) in [5.74, 6) is 0.823. The Hall–Kier alpha value is -1.42. The highest BCUT2D eigenvalue weighted by molar-refractivity contribution is 5.59. The Morgan fingerprint density at radius 1 is 1.29 bits per heavy atom. The van der Waals surface area contributed by atoms with E-state index in [1.807, 2.05) is 25.1 Å². The lowest BCUT2D eigenvalue weighted by Crippen LogP contribution is -2.43. The van der Waals surface area contributed by atoms with E-state index in [0.717, 1.165) is 49.4 Å². The van der Waals surface area contributed by atoms with E-state index in [2.05, 4.69) is 19.2 Å². The molecular formula is C17H28N2O2. The maximum absolute atomic E-state index is 6.03. The largest absolute Gasteiger partial charge is 0.494 e. The first kappa shape index (κ1) is 16.0. The SMILES string of the molecule is CCOc1cc(N)cc(NC2CCOC(CC)(CC)C2)c1. The van der Waals surface area contributed by atoms with Crippen molar-refractivity contribution in [2.45, 2.75) is 58.1 Å². The van der Waals surface area contributed by atoms with Gasteiger partial charge in [-0.3, -0.25) is 0 Å². The predicted molar refractivity (Wildman–Crippen MR) is 87.9 cm³/mol. The molecule has 2 rings (SSSR count). The Kier molecular flexibility index (Phi) is 5.34. The van der Waals surface area contributed by atoms with Crippen LogP contribution in [0.2, 0.25) is 0 Å². The van der Waals surface area contributed by atoms with Crippen LogP contribution in [-0.2, 0) is 4.74 Å². The van der Waals surface area contributed by atoms with Crippen molar-refractivity contribution < 1.29 is 9.47 Å².